The van der Waals surface area contributed by atoms with Gasteiger partial charge < -0.3 is 5.11 Å². The minimum atomic E-state index is -0.250. The minimum Gasteiger partial charge on any atom is -0.347 e. The van der Waals surface area contributed by atoms with Crippen LogP contribution in [0, 0.1) is 0 Å². The Labute approximate surface area is 65.8 Å². The molecule has 3 saturated heterocycles. The van der Waals surface area contributed by atoms with Crippen LogP contribution in [0.4, 0.5) is 4.48 Å². The molecule has 0 radical (unpaired) electrons. The van der Waals surface area contributed by atoms with Crippen LogP contribution in [0.2, 0.25) is 0 Å². The van der Waals surface area contributed by atoms with Gasteiger partial charge in [0.25, 0.3) is 0 Å². The Morgan fingerprint density at radius 1 is 1.00 bits per heavy atom. The van der Waals surface area contributed by atoms with Gasteiger partial charge >= 0.3 is 0 Å². The van der Waals surface area contributed by atoms with Gasteiger partial charge in [0.2, 0.25) is 0 Å². The molecule has 0 atom stereocenters. The standard InChI is InChI=1S/C7H15FN2O/c8-10-4-1-9(7-11,2-5-10)3-6-10/h11H,1-7H2/q+2. The van der Waals surface area contributed by atoms with E-state index >= 15 is 0 Å². The number of piperazine rings is 3. The molecule has 11 heavy (non-hydrogen) atoms. The summed E-state index contributed by atoms with van der Waals surface area (Å²) in [4.78, 5) is 0. The van der Waals surface area contributed by atoms with E-state index in [1.54, 1.807) is 0 Å². The molecule has 0 aromatic carbocycles. The van der Waals surface area contributed by atoms with Crippen LogP contribution in [0.15, 0.2) is 0 Å². The van der Waals surface area contributed by atoms with Crippen molar-refractivity contribution in [3.8, 4) is 0 Å². The molecule has 64 valence electrons. The average Bonchev–Trinajstić information content (AvgIpc) is 2.07. The van der Waals surface area contributed by atoms with Crippen molar-refractivity contribution in [2.45, 2.75) is 0 Å². The van der Waals surface area contributed by atoms with Gasteiger partial charge in [-0.1, -0.05) is 0 Å². The molecular formula is C7H15FN2O+2. The number of hydrogen-bond donors (Lipinski definition) is 1. The zero-order valence-electron chi connectivity index (χ0n) is 6.67. The van der Waals surface area contributed by atoms with E-state index in [9.17, 15) is 4.48 Å². The third-order valence-electron chi connectivity index (χ3n) is 3.23. The molecule has 0 aromatic heterocycles. The number of aliphatic hydroxyl groups is 1. The van der Waals surface area contributed by atoms with E-state index < -0.39 is 0 Å². The Bertz CT molecular complexity index is 149. The molecule has 0 aliphatic carbocycles. The van der Waals surface area contributed by atoms with Crippen LogP contribution < -0.4 is 0 Å². The van der Waals surface area contributed by atoms with Gasteiger partial charge in [-0.15, -0.1) is 4.71 Å². The Hall–Kier alpha value is -0.190. The number of fused-ring (bicyclic) bond motifs is 3. The van der Waals surface area contributed by atoms with E-state index in [4.69, 9.17) is 5.11 Å². The second kappa shape index (κ2) is 2.15. The van der Waals surface area contributed by atoms with Gasteiger partial charge in [0.15, 0.2) is 26.4 Å². The summed E-state index contributed by atoms with van der Waals surface area (Å²) in [7, 11) is 0. The summed E-state index contributed by atoms with van der Waals surface area (Å²) in [5.74, 6) is 0. The van der Waals surface area contributed by atoms with Gasteiger partial charge in [-0.05, 0) is 4.48 Å². The number of quaternary nitrogens is 2. The molecule has 0 unspecified atom stereocenters. The van der Waals surface area contributed by atoms with Gasteiger partial charge in [0.05, 0.1) is 0 Å². The first-order valence-electron chi connectivity index (χ1n) is 4.20. The molecule has 2 bridgehead atoms. The van der Waals surface area contributed by atoms with Crippen molar-refractivity contribution < 1.29 is 18.8 Å². The highest BCUT2D eigenvalue weighted by molar-refractivity contribution is 4.55. The van der Waals surface area contributed by atoms with Gasteiger partial charge in [-0.2, -0.15) is 0 Å². The highest BCUT2D eigenvalue weighted by Gasteiger charge is 2.50. The van der Waals surface area contributed by atoms with E-state index in [1.165, 1.54) is 0 Å². The van der Waals surface area contributed by atoms with E-state index in [0.717, 1.165) is 24.1 Å². The molecule has 4 heteroatoms. The lowest BCUT2D eigenvalue weighted by molar-refractivity contribution is -1.15. The predicted molar refractivity (Wildman–Crippen MR) is 37.9 cm³/mol. The first-order valence-corrected chi connectivity index (χ1v) is 4.20. The van der Waals surface area contributed by atoms with Gasteiger partial charge in [-0.3, -0.25) is 4.48 Å². The monoisotopic (exact) mass is 162 g/mol. The first kappa shape index (κ1) is 7.46. The van der Waals surface area contributed by atoms with Crippen molar-refractivity contribution in [2.24, 2.45) is 0 Å². The molecule has 0 spiro atoms. The summed E-state index contributed by atoms with van der Waals surface area (Å²) in [5, 5.41) is 9.09. The summed E-state index contributed by atoms with van der Waals surface area (Å²) in [6, 6.07) is 0. The Morgan fingerprint density at radius 3 is 1.82 bits per heavy atom. The second-order valence-electron chi connectivity index (χ2n) is 3.85. The average molecular weight is 162 g/mol. The summed E-state index contributed by atoms with van der Waals surface area (Å²) in [6.45, 7) is 4.43. The molecule has 3 aliphatic heterocycles. The van der Waals surface area contributed by atoms with Gasteiger partial charge in [0.1, 0.15) is 19.6 Å². The highest BCUT2D eigenvalue weighted by atomic mass is 19.2. The zero-order chi connectivity index (χ0) is 7.95. The molecule has 1 N–H and O–H groups in total. The number of aliphatic hydroxyl groups excluding tert-OH is 1. The Kier molecular flexibility index (Phi) is 1.46. The van der Waals surface area contributed by atoms with E-state index in [1.807, 2.05) is 0 Å². The van der Waals surface area contributed by atoms with Crippen molar-refractivity contribution in [1.29, 1.82) is 0 Å². The molecule has 0 aromatic rings. The molecule has 3 fully saturated rings. The summed E-state index contributed by atoms with van der Waals surface area (Å²) < 4.78 is 14.0. The van der Waals surface area contributed by atoms with Crippen LogP contribution >= 0.6 is 0 Å². The fourth-order valence-corrected chi connectivity index (χ4v) is 2.06. The van der Waals surface area contributed by atoms with Crippen LogP contribution in [-0.2, 0) is 0 Å². The number of hydrogen-bond acceptors (Lipinski definition) is 1. The lowest BCUT2D eigenvalue weighted by Gasteiger charge is -2.48. The smallest absolute Gasteiger partial charge is 0.180 e. The van der Waals surface area contributed by atoms with Crippen LogP contribution in [0.3, 0.4) is 0 Å². The molecule has 3 heterocycles. The first-order chi connectivity index (χ1) is 5.18. The molecule has 0 saturated carbocycles. The van der Waals surface area contributed by atoms with E-state index in [0.29, 0.717) is 19.6 Å². The number of halogens is 1. The third-order valence-corrected chi connectivity index (χ3v) is 3.23. The second-order valence-corrected chi connectivity index (χ2v) is 3.85. The van der Waals surface area contributed by atoms with Crippen LogP contribution in [0.1, 0.15) is 0 Å². The maximum Gasteiger partial charge on any atom is 0.180 e. The third kappa shape index (κ3) is 1.06. The Balaban J connectivity index is 2.12. The van der Waals surface area contributed by atoms with Crippen molar-refractivity contribution in [2.75, 3.05) is 46.0 Å². The molecule has 3 rings (SSSR count). The molecule has 0 amide bonds. The zero-order valence-corrected chi connectivity index (χ0v) is 6.67. The maximum absolute atomic E-state index is 13.5. The van der Waals surface area contributed by atoms with E-state index in [-0.39, 0.29) is 11.4 Å². The van der Waals surface area contributed by atoms with Crippen molar-refractivity contribution >= 4 is 0 Å². The largest absolute Gasteiger partial charge is 0.347 e. The van der Waals surface area contributed by atoms with Crippen molar-refractivity contribution in [1.82, 2.24) is 0 Å². The van der Waals surface area contributed by atoms with Gasteiger partial charge in [-0.25, -0.2) is 0 Å². The minimum absolute atomic E-state index is 0.194. The lowest BCUT2D eigenvalue weighted by Crippen LogP contribution is -2.72. The highest BCUT2D eigenvalue weighted by Crippen LogP contribution is 2.25. The number of rotatable bonds is 1. The summed E-state index contributed by atoms with van der Waals surface area (Å²) in [6.07, 6.45) is 0. The molecular weight excluding hydrogens is 147 g/mol. The summed E-state index contributed by atoms with van der Waals surface area (Å²) in [5.41, 5.74) is 0. The van der Waals surface area contributed by atoms with Crippen LogP contribution in [0.5, 0.6) is 0 Å². The molecule has 3 nitrogen and oxygen atoms in total. The topological polar surface area (TPSA) is 20.2 Å². The Morgan fingerprint density at radius 2 is 1.45 bits per heavy atom. The fourth-order valence-electron chi connectivity index (χ4n) is 2.06. The molecule has 3 aliphatic rings. The quantitative estimate of drug-likeness (QED) is 0.406. The van der Waals surface area contributed by atoms with Crippen LogP contribution in [0.25, 0.3) is 0 Å². The predicted octanol–water partition coefficient (Wildman–Crippen LogP) is -0.519. The SMILES string of the molecule is OC[N+]12CC[N+](F)(CC1)CC2. The van der Waals surface area contributed by atoms with Crippen LogP contribution in [-0.4, -0.2) is 60.3 Å². The van der Waals surface area contributed by atoms with Crippen molar-refractivity contribution in [3.05, 3.63) is 0 Å². The fraction of sp³-hybridized carbons (Fsp3) is 1.00. The van der Waals surface area contributed by atoms with Crippen molar-refractivity contribution in [3.63, 3.8) is 0 Å². The summed E-state index contributed by atoms with van der Waals surface area (Å²) >= 11 is 0. The normalized spacial score (nSPS) is 49.6. The maximum atomic E-state index is 13.5. The lowest BCUT2D eigenvalue weighted by atomic mass is 10.2. The van der Waals surface area contributed by atoms with Gasteiger partial charge in [0, 0.05) is 0 Å². The number of nitrogens with zero attached hydrogens (tertiary/aromatic N) is 2. The van der Waals surface area contributed by atoms with E-state index in [2.05, 4.69) is 0 Å².